The molecule has 1 aliphatic heterocycles. The smallest absolute Gasteiger partial charge is 0.228 e. The van der Waals surface area contributed by atoms with Crippen LogP contribution in [-0.2, 0) is 0 Å². The highest BCUT2D eigenvalue weighted by molar-refractivity contribution is 7.99. The summed E-state index contributed by atoms with van der Waals surface area (Å²) in [7, 11) is 0. The highest BCUT2D eigenvalue weighted by atomic mass is 32.2. The van der Waals surface area contributed by atoms with Crippen molar-refractivity contribution < 1.29 is 0 Å². The SMILES string of the molecule is CCSc1ccccc1Nc1nc(N2CCNCC2)nc2c(NCC3CC3)ncnc12. The van der Waals surface area contributed by atoms with Crippen LogP contribution in [0.5, 0.6) is 0 Å². The van der Waals surface area contributed by atoms with Crippen LogP contribution in [0.25, 0.3) is 11.0 Å². The number of fused-ring (bicyclic) bond motifs is 1. The third kappa shape index (κ3) is 4.67. The lowest BCUT2D eigenvalue weighted by atomic mass is 10.3. The minimum Gasteiger partial charge on any atom is -0.368 e. The lowest BCUT2D eigenvalue weighted by molar-refractivity contribution is 0.581. The number of aromatic nitrogens is 4. The largest absolute Gasteiger partial charge is 0.368 e. The summed E-state index contributed by atoms with van der Waals surface area (Å²) in [6.45, 7) is 6.71. The first-order valence-corrected chi connectivity index (χ1v) is 12.0. The van der Waals surface area contributed by atoms with E-state index in [4.69, 9.17) is 9.97 Å². The zero-order chi connectivity index (χ0) is 21.0. The van der Waals surface area contributed by atoms with E-state index in [2.05, 4.69) is 55.9 Å². The van der Waals surface area contributed by atoms with Crippen molar-refractivity contribution in [2.45, 2.75) is 24.7 Å². The molecule has 1 aliphatic carbocycles. The molecule has 0 amide bonds. The topological polar surface area (TPSA) is 90.9 Å². The summed E-state index contributed by atoms with van der Waals surface area (Å²) in [5, 5.41) is 10.4. The van der Waals surface area contributed by atoms with Gasteiger partial charge in [-0.1, -0.05) is 19.1 Å². The van der Waals surface area contributed by atoms with E-state index < -0.39 is 0 Å². The predicted molar refractivity (Wildman–Crippen MR) is 128 cm³/mol. The summed E-state index contributed by atoms with van der Waals surface area (Å²) in [6, 6.07) is 8.33. The maximum Gasteiger partial charge on any atom is 0.228 e. The second-order valence-electron chi connectivity index (χ2n) is 7.91. The number of anilines is 4. The fraction of sp³-hybridized carbons (Fsp3) is 0.455. The third-order valence-corrected chi connectivity index (χ3v) is 6.52. The van der Waals surface area contributed by atoms with Crippen molar-refractivity contribution >= 4 is 46.1 Å². The number of nitrogens with one attached hydrogen (secondary N) is 3. The number of nitrogens with zero attached hydrogens (tertiary/aromatic N) is 5. The van der Waals surface area contributed by atoms with Gasteiger partial charge in [0.05, 0.1) is 5.69 Å². The van der Waals surface area contributed by atoms with Crippen molar-refractivity contribution in [2.75, 3.05) is 54.0 Å². The van der Waals surface area contributed by atoms with Gasteiger partial charge in [-0.15, -0.1) is 11.8 Å². The summed E-state index contributed by atoms with van der Waals surface area (Å²) >= 11 is 1.81. The quantitative estimate of drug-likeness (QED) is 0.459. The molecule has 162 valence electrons. The van der Waals surface area contributed by atoms with Gasteiger partial charge in [-0.3, -0.25) is 0 Å². The second-order valence-corrected chi connectivity index (χ2v) is 9.21. The average Bonchev–Trinajstić information content (AvgIpc) is 3.64. The molecule has 0 bridgehead atoms. The Kier molecular flexibility index (Phi) is 6.04. The van der Waals surface area contributed by atoms with Crippen molar-refractivity contribution in [3.05, 3.63) is 30.6 Å². The van der Waals surface area contributed by atoms with E-state index >= 15 is 0 Å². The van der Waals surface area contributed by atoms with Crippen molar-refractivity contribution in [2.24, 2.45) is 5.92 Å². The molecule has 1 saturated carbocycles. The zero-order valence-corrected chi connectivity index (χ0v) is 18.6. The van der Waals surface area contributed by atoms with E-state index in [-0.39, 0.29) is 0 Å². The lowest BCUT2D eigenvalue weighted by Crippen LogP contribution is -2.44. The maximum absolute atomic E-state index is 4.92. The van der Waals surface area contributed by atoms with Crippen LogP contribution in [0, 0.1) is 5.92 Å². The van der Waals surface area contributed by atoms with Crippen LogP contribution >= 0.6 is 11.8 Å². The van der Waals surface area contributed by atoms with Crippen molar-refractivity contribution in [1.29, 1.82) is 0 Å². The van der Waals surface area contributed by atoms with Gasteiger partial charge in [-0.2, -0.15) is 4.98 Å². The highest BCUT2D eigenvalue weighted by Gasteiger charge is 2.23. The van der Waals surface area contributed by atoms with Crippen LogP contribution in [0.4, 0.5) is 23.3 Å². The normalized spacial score (nSPS) is 16.5. The molecule has 3 heterocycles. The Morgan fingerprint density at radius 1 is 1.06 bits per heavy atom. The number of hydrogen-bond donors (Lipinski definition) is 3. The van der Waals surface area contributed by atoms with Crippen LogP contribution in [-0.4, -0.2) is 58.4 Å². The molecule has 31 heavy (non-hydrogen) atoms. The van der Waals surface area contributed by atoms with Crippen LogP contribution in [0.15, 0.2) is 35.5 Å². The molecule has 8 nitrogen and oxygen atoms in total. The number of thioether (sulfide) groups is 1. The Labute approximate surface area is 186 Å². The molecular formula is C22H28N8S. The van der Waals surface area contributed by atoms with E-state index in [1.807, 2.05) is 17.8 Å². The Balaban J connectivity index is 1.57. The average molecular weight is 437 g/mol. The zero-order valence-electron chi connectivity index (χ0n) is 17.8. The first kappa shape index (κ1) is 20.3. The summed E-state index contributed by atoms with van der Waals surface area (Å²) in [5.41, 5.74) is 2.55. The van der Waals surface area contributed by atoms with Gasteiger partial charge in [0, 0.05) is 37.6 Å². The van der Waals surface area contributed by atoms with Crippen LogP contribution in [0.1, 0.15) is 19.8 Å². The van der Waals surface area contributed by atoms with E-state index in [1.54, 1.807) is 6.33 Å². The van der Waals surface area contributed by atoms with Gasteiger partial charge >= 0.3 is 0 Å². The summed E-state index contributed by atoms with van der Waals surface area (Å²) < 4.78 is 0. The van der Waals surface area contributed by atoms with Gasteiger partial charge in [0.1, 0.15) is 17.4 Å². The Morgan fingerprint density at radius 3 is 2.71 bits per heavy atom. The molecule has 2 aromatic heterocycles. The van der Waals surface area contributed by atoms with E-state index in [0.717, 1.165) is 78.7 Å². The lowest BCUT2D eigenvalue weighted by Gasteiger charge is -2.28. The minimum atomic E-state index is 0.722. The Hall–Kier alpha value is -2.65. The summed E-state index contributed by atoms with van der Waals surface area (Å²) in [6.07, 6.45) is 4.18. The number of rotatable bonds is 8. The molecule has 0 unspecified atom stereocenters. The van der Waals surface area contributed by atoms with Gasteiger partial charge in [0.15, 0.2) is 11.6 Å². The van der Waals surface area contributed by atoms with E-state index in [0.29, 0.717) is 0 Å². The van der Waals surface area contributed by atoms with E-state index in [1.165, 1.54) is 17.7 Å². The van der Waals surface area contributed by atoms with Gasteiger partial charge in [-0.05, 0) is 36.6 Å². The maximum atomic E-state index is 4.92. The fourth-order valence-corrected chi connectivity index (χ4v) is 4.46. The Morgan fingerprint density at radius 2 is 1.90 bits per heavy atom. The van der Waals surface area contributed by atoms with Gasteiger partial charge in [-0.25, -0.2) is 15.0 Å². The summed E-state index contributed by atoms with van der Waals surface area (Å²) in [5.74, 6) is 3.98. The molecule has 1 saturated heterocycles. The fourth-order valence-electron chi connectivity index (χ4n) is 3.70. The molecule has 1 aromatic carbocycles. The molecular weight excluding hydrogens is 408 g/mol. The minimum absolute atomic E-state index is 0.722. The van der Waals surface area contributed by atoms with Crippen molar-refractivity contribution in [1.82, 2.24) is 25.3 Å². The number of hydrogen-bond acceptors (Lipinski definition) is 9. The molecule has 3 aromatic rings. The Bertz CT molecular complexity index is 1050. The molecule has 2 aliphatic rings. The molecule has 9 heteroatoms. The molecule has 2 fully saturated rings. The standard InChI is InChI=1S/C22H28N8S/c1-2-31-17-6-4-3-5-16(17)27-21-18-19(20(26-14-25-18)24-13-15-7-8-15)28-22(29-21)30-11-9-23-10-12-30/h3-6,14-15,23H,2,7-13H2,1H3,(H,24,25,26)(H,27,28,29). The molecule has 3 N–H and O–H groups in total. The van der Waals surface area contributed by atoms with Crippen molar-refractivity contribution in [3.8, 4) is 0 Å². The van der Waals surface area contributed by atoms with Gasteiger partial charge < -0.3 is 20.9 Å². The summed E-state index contributed by atoms with van der Waals surface area (Å²) in [4.78, 5) is 22.3. The van der Waals surface area contributed by atoms with Gasteiger partial charge in [0.2, 0.25) is 5.95 Å². The number of piperazine rings is 1. The predicted octanol–water partition coefficient (Wildman–Crippen LogP) is 3.51. The first-order chi connectivity index (χ1) is 15.3. The number of para-hydroxylation sites is 1. The molecule has 0 radical (unpaired) electrons. The molecule has 0 atom stereocenters. The number of benzene rings is 1. The van der Waals surface area contributed by atoms with E-state index in [9.17, 15) is 0 Å². The van der Waals surface area contributed by atoms with Gasteiger partial charge in [0.25, 0.3) is 0 Å². The van der Waals surface area contributed by atoms with Crippen molar-refractivity contribution in [3.63, 3.8) is 0 Å². The molecule has 0 spiro atoms. The monoisotopic (exact) mass is 436 g/mol. The second kappa shape index (κ2) is 9.23. The van der Waals surface area contributed by atoms with Crippen LogP contribution in [0.3, 0.4) is 0 Å². The highest BCUT2D eigenvalue weighted by Crippen LogP contribution is 2.33. The third-order valence-electron chi connectivity index (χ3n) is 5.57. The molecule has 5 rings (SSSR count). The first-order valence-electron chi connectivity index (χ1n) is 11.0. The van der Waals surface area contributed by atoms with Crippen LogP contribution < -0.4 is 20.9 Å². The van der Waals surface area contributed by atoms with Crippen LogP contribution in [0.2, 0.25) is 0 Å².